The molecule has 0 aromatic heterocycles. The number of hydrogen-bond acceptors (Lipinski definition) is 7. The number of carbonyl (C=O) groups is 3. The maximum atomic E-state index is 12.3. The van der Waals surface area contributed by atoms with E-state index in [0.717, 1.165) is 10.5 Å². The summed E-state index contributed by atoms with van der Waals surface area (Å²) < 4.78 is 31.7. The van der Waals surface area contributed by atoms with E-state index in [2.05, 4.69) is 10.0 Å². The molecule has 0 bridgehead atoms. The van der Waals surface area contributed by atoms with Crippen LogP contribution in [0, 0.1) is 6.92 Å². The molecular formula is C21H24N2O6S2. The number of hydrogen-bond donors (Lipinski definition) is 2. The molecule has 1 amide bonds. The van der Waals surface area contributed by atoms with Crippen LogP contribution in [-0.2, 0) is 24.3 Å². The van der Waals surface area contributed by atoms with E-state index < -0.39 is 28.4 Å². The SMILES string of the molecule is CSc1ccc(C(=O)COC(=O)CCNS(=O)(=O)c2ccc(C)cc2)cc1NC(C)=O. The summed E-state index contributed by atoms with van der Waals surface area (Å²) in [6.07, 6.45) is 1.62. The molecular weight excluding hydrogens is 440 g/mol. The Labute approximate surface area is 185 Å². The molecule has 2 aromatic carbocycles. The normalized spacial score (nSPS) is 11.1. The van der Waals surface area contributed by atoms with Gasteiger partial charge in [-0.15, -0.1) is 11.8 Å². The number of thioether (sulfide) groups is 1. The lowest BCUT2D eigenvalue weighted by atomic mass is 10.1. The molecule has 0 spiro atoms. The second-order valence-electron chi connectivity index (χ2n) is 6.64. The van der Waals surface area contributed by atoms with Crippen LogP contribution in [-0.4, -0.2) is 45.5 Å². The van der Waals surface area contributed by atoms with Crippen molar-refractivity contribution in [3.8, 4) is 0 Å². The van der Waals surface area contributed by atoms with Crippen molar-refractivity contribution < 1.29 is 27.5 Å². The van der Waals surface area contributed by atoms with Crippen LogP contribution in [0.3, 0.4) is 0 Å². The van der Waals surface area contributed by atoms with Gasteiger partial charge in [-0.3, -0.25) is 14.4 Å². The highest BCUT2D eigenvalue weighted by Crippen LogP contribution is 2.26. The van der Waals surface area contributed by atoms with Gasteiger partial charge in [0.2, 0.25) is 15.9 Å². The summed E-state index contributed by atoms with van der Waals surface area (Å²) in [6.45, 7) is 2.58. The Morgan fingerprint density at radius 1 is 1.06 bits per heavy atom. The van der Waals surface area contributed by atoms with Crippen molar-refractivity contribution in [3.05, 3.63) is 53.6 Å². The highest BCUT2D eigenvalue weighted by Gasteiger charge is 2.16. The Bertz CT molecular complexity index is 1070. The van der Waals surface area contributed by atoms with Crippen LogP contribution >= 0.6 is 11.8 Å². The van der Waals surface area contributed by atoms with Crippen LogP contribution in [0.1, 0.15) is 29.3 Å². The number of rotatable bonds is 10. The lowest BCUT2D eigenvalue weighted by Gasteiger charge is -2.10. The zero-order valence-electron chi connectivity index (χ0n) is 17.4. The van der Waals surface area contributed by atoms with Gasteiger partial charge in [0.1, 0.15) is 0 Å². The van der Waals surface area contributed by atoms with E-state index in [1.807, 2.05) is 13.2 Å². The Hall–Kier alpha value is -2.69. The Morgan fingerprint density at radius 2 is 1.74 bits per heavy atom. The predicted octanol–water partition coefficient (Wildman–Crippen LogP) is 2.77. The van der Waals surface area contributed by atoms with E-state index in [1.54, 1.807) is 24.3 Å². The predicted molar refractivity (Wildman–Crippen MR) is 119 cm³/mol. The molecule has 0 heterocycles. The number of amides is 1. The molecule has 0 atom stereocenters. The van der Waals surface area contributed by atoms with E-state index in [-0.39, 0.29) is 29.3 Å². The molecule has 8 nitrogen and oxygen atoms in total. The van der Waals surface area contributed by atoms with Gasteiger partial charge in [-0.25, -0.2) is 13.1 Å². The molecule has 0 aliphatic rings. The summed E-state index contributed by atoms with van der Waals surface area (Å²) in [5.74, 6) is -1.41. The molecule has 0 saturated carbocycles. The van der Waals surface area contributed by atoms with Crippen molar-refractivity contribution in [2.24, 2.45) is 0 Å². The van der Waals surface area contributed by atoms with Crippen molar-refractivity contribution in [1.29, 1.82) is 0 Å². The number of anilines is 1. The highest BCUT2D eigenvalue weighted by molar-refractivity contribution is 7.98. The molecule has 31 heavy (non-hydrogen) atoms. The lowest BCUT2D eigenvalue weighted by Crippen LogP contribution is -2.27. The summed E-state index contributed by atoms with van der Waals surface area (Å²) in [7, 11) is -3.73. The summed E-state index contributed by atoms with van der Waals surface area (Å²) in [5.41, 5.74) is 1.72. The second kappa shape index (κ2) is 11.1. The van der Waals surface area contributed by atoms with Crippen molar-refractivity contribution in [3.63, 3.8) is 0 Å². The van der Waals surface area contributed by atoms with Gasteiger partial charge in [-0.05, 0) is 37.4 Å². The fourth-order valence-electron chi connectivity index (χ4n) is 2.56. The van der Waals surface area contributed by atoms with Crippen LogP contribution < -0.4 is 10.0 Å². The van der Waals surface area contributed by atoms with Crippen LogP contribution in [0.2, 0.25) is 0 Å². The van der Waals surface area contributed by atoms with Gasteiger partial charge in [0, 0.05) is 23.9 Å². The smallest absolute Gasteiger partial charge is 0.307 e. The van der Waals surface area contributed by atoms with Crippen LogP contribution in [0.5, 0.6) is 0 Å². The maximum absolute atomic E-state index is 12.3. The third kappa shape index (κ3) is 7.50. The lowest BCUT2D eigenvalue weighted by molar-refractivity contribution is -0.142. The largest absolute Gasteiger partial charge is 0.457 e. The number of aryl methyl sites for hydroxylation is 1. The summed E-state index contributed by atoms with van der Waals surface area (Å²) in [6, 6.07) is 11.1. The monoisotopic (exact) mass is 464 g/mol. The molecule has 2 aromatic rings. The molecule has 0 fully saturated rings. The van der Waals surface area contributed by atoms with Gasteiger partial charge in [-0.2, -0.15) is 0 Å². The average Bonchev–Trinajstić information content (AvgIpc) is 2.71. The van der Waals surface area contributed by atoms with Crippen LogP contribution in [0.4, 0.5) is 5.69 Å². The van der Waals surface area contributed by atoms with Gasteiger partial charge in [0.15, 0.2) is 12.4 Å². The summed E-state index contributed by atoms with van der Waals surface area (Å²) in [4.78, 5) is 36.4. The molecule has 166 valence electrons. The van der Waals surface area contributed by atoms with Crippen LogP contribution in [0.15, 0.2) is 52.3 Å². The zero-order chi connectivity index (χ0) is 23.0. The van der Waals surface area contributed by atoms with Gasteiger partial charge in [0.25, 0.3) is 0 Å². The first kappa shape index (κ1) is 24.6. The highest BCUT2D eigenvalue weighted by atomic mass is 32.2. The molecule has 0 aliphatic heterocycles. The van der Waals surface area contributed by atoms with Crippen molar-refractivity contribution >= 4 is 45.1 Å². The minimum Gasteiger partial charge on any atom is -0.457 e. The fraction of sp³-hybridized carbons (Fsp3) is 0.286. The molecule has 0 unspecified atom stereocenters. The molecule has 2 N–H and O–H groups in total. The van der Waals surface area contributed by atoms with Crippen molar-refractivity contribution in [1.82, 2.24) is 4.72 Å². The molecule has 0 saturated heterocycles. The van der Waals surface area contributed by atoms with E-state index in [1.165, 1.54) is 36.9 Å². The van der Waals surface area contributed by atoms with E-state index in [4.69, 9.17) is 4.74 Å². The Balaban J connectivity index is 1.86. The van der Waals surface area contributed by atoms with Crippen molar-refractivity contribution in [2.45, 2.75) is 30.1 Å². The summed E-state index contributed by atoms with van der Waals surface area (Å²) in [5, 5.41) is 2.66. The van der Waals surface area contributed by atoms with Crippen LogP contribution in [0.25, 0.3) is 0 Å². The first-order chi connectivity index (χ1) is 14.6. The second-order valence-corrected chi connectivity index (χ2v) is 9.26. The minimum atomic E-state index is -3.73. The zero-order valence-corrected chi connectivity index (χ0v) is 19.1. The standard InChI is InChI=1S/C21H24N2O6S2/c1-14-4-7-17(8-5-14)31(27,28)22-11-10-21(26)29-13-19(25)16-6-9-20(30-3)18(12-16)23-15(2)24/h4-9,12,22H,10-11,13H2,1-3H3,(H,23,24). The number of ketones is 1. The third-order valence-electron chi connectivity index (χ3n) is 4.15. The average molecular weight is 465 g/mol. The van der Waals surface area contributed by atoms with Gasteiger partial charge < -0.3 is 10.1 Å². The Kier molecular flexibility index (Phi) is 8.78. The maximum Gasteiger partial charge on any atom is 0.307 e. The minimum absolute atomic E-state index is 0.102. The van der Waals surface area contributed by atoms with E-state index in [9.17, 15) is 22.8 Å². The Morgan fingerprint density at radius 3 is 2.35 bits per heavy atom. The number of Topliss-reactive ketones (excluding diaryl/α,β-unsaturated/α-hetero) is 1. The first-order valence-corrected chi connectivity index (χ1v) is 12.0. The van der Waals surface area contributed by atoms with E-state index >= 15 is 0 Å². The molecule has 0 aliphatic carbocycles. The third-order valence-corrected chi connectivity index (χ3v) is 6.42. The molecule has 0 radical (unpaired) electrons. The quantitative estimate of drug-likeness (QED) is 0.315. The number of ether oxygens (including phenoxy) is 1. The summed E-state index contributed by atoms with van der Waals surface area (Å²) >= 11 is 1.42. The molecule has 10 heteroatoms. The molecule has 2 rings (SSSR count). The number of esters is 1. The first-order valence-electron chi connectivity index (χ1n) is 9.33. The fourth-order valence-corrected chi connectivity index (χ4v) is 4.12. The van der Waals surface area contributed by atoms with Gasteiger partial charge in [0.05, 0.1) is 17.0 Å². The van der Waals surface area contributed by atoms with Gasteiger partial charge >= 0.3 is 5.97 Å². The topological polar surface area (TPSA) is 119 Å². The number of carbonyl (C=O) groups excluding carboxylic acids is 3. The number of nitrogens with one attached hydrogen (secondary N) is 2. The number of benzene rings is 2. The van der Waals surface area contributed by atoms with Crippen molar-refractivity contribution in [2.75, 3.05) is 24.7 Å². The van der Waals surface area contributed by atoms with E-state index in [0.29, 0.717) is 5.69 Å². The number of sulfonamides is 1. The van der Waals surface area contributed by atoms with Gasteiger partial charge in [-0.1, -0.05) is 23.8 Å².